The molecular weight excluding hydrogens is 366 g/mol. The van der Waals surface area contributed by atoms with Crippen molar-refractivity contribution in [2.45, 2.75) is 58.0 Å². The number of fused-ring (bicyclic) bond motifs is 1. The molecule has 0 saturated heterocycles. The number of hydrogen-bond donors (Lipinski definition) is 3. The molecule has 1 fully saturated rings. The second-order valence-corrected chi connectivity index (χ2v) is 9.25. The third-order valence-corrected chi connectivity index (χ3v) is 6.61. The van der Waals surface area contributed by atoms with E-state index in [9.17, 15) is 8.42 Å². The van der Waals surface area contributed by atoms with Crippen molar-refractivity contribution < 1.29 is 8.42 Å². The third kappa shape index (κ3) is 5.65. The Morgan fingerprint density at radius 2 is 2.15 bits per heavy atom. The van der Waals surface area contributed by atoms with Crippen LogP contribution in [-0.4, -0.2) is 61.1 Å². The highest BCUT2D eigenvalue weighted by Crippen LogP contribution is 2.25. The predicted molar refractivity (Wildman–Crippen MR) is 105 cm³/mol. The van der Waals surface area contributed by atoms with Crippen LogP contribution in [0.4, 0.5) is 0 Å². The lowest BCUT2D eigenvalue weighted by atomic mass is 9.86. The van der Waals surface area contributed by atoms with Gasteiger partial charge < -0.3 is 10.6 Å². The molecule has 1 aromatic heterocycles. The topological polar surface area (TPSA) is 113 Å². The number of nitrogens with zero attached hydrogens (tertiary/aromatic N) is 4. The summed E-state index contributed by atoms with van der Waals surface area (Å²) in [5.41, 5.74) is 0. The molecule has 0 bridgehead atoms. The molecule has 152 valence electrons. The van der Waals surface area contributed by atoms with Crippen molar-refractivity contribution in [1.82, 2.24) is 30.1 Å². The summed E-state index contributed by atoms with van der Waals surface area (Å²) < 4.78 is 28.8. The molecule has 2 aliphatic rings. The average molecular weight is 398 g/mol. The summed E-state index contributed by atoms with van der Waals surface area (Å²) in [6.07, 6.45) is 6.14. The first-order valence-corrected chi connectivity index (χ1v) is 11.5. The van der Waals surface area contributed by atoms with Gasteiger partial charge in [0.2, 0.25) is 10.0 Å². The monoisotopic (exact) mass is 397 g/mol. The number of aromatic nitrogens is 3. The molecule has 1 aromatic rings. The highest BCUT2D eigenvalue weighted by Gasteiger charge is 2.23. The number of sulfonamides is 1. The summed E-state index contributed by atoms with van der Waals surface area (Å²) in [6.45, 7) is 3.68. The maximum absolute atomic E-state index is 12.1. The summed E-state index contributed by atoms with van der Waals surface area (Å²) >= 11 is 0. The lowest BCUT2D eigenvalue weighted by Gasteiger charge is -2.26. The van der Waals surface area contributed by atoms with Crippen LogP contribution >= 0.6 is 0 Å². The lowest BCUT2D eigenvalue weighted by molar-refractivity contribution is 0.316. The fraction of sp³-hybridized carbons (Fsp3) is 0.824. The first kappa shape index (κ1) is 20.1. The molecule has 10 heteroatoms. The van der Waals surface area contributed by atoms with Gasteiger partial charge in [-0.2, -0.15) is 5.10 Å². The van der Waals surface area contributed by atoms with Crippen LogP contribution < -0.4 is 15.4 Å². The Hall–Kier alpha value is -1.68. The maximum Gasteiger partial charge on any atom is 0.213 e. The maximum atomic E-state index is 12.1. The molecule has 1 aliphatic carbocycles. The van der Waals surface area contributed by atoms with E-state index < -0.39 is 10.0 Å². The molecule has 1 unspecified atom stereocenters. The summed E-state index contributed by atoms with van der Waals surface area (Å²) in [7, 11) is -1.56. The third-order valence-electron chi connectivity index (χ3n) is 5.26. The molecule has 9 nitrogen and oxygen atoms in total. The Balaban J connectivity index is 1.41. The van der Waals surface area contributed by atoms with Crippen LogP contribution in [0, 0.1) is 5.92 Å². The second-order valence-electron chi connectivity index (χ2n) is 7.32. The van der Waals surface area contributed by atoms with Gasteiger partial charge in [-0.05, 0) is 25.2 Å². The van der Waals surface area contributed by atoms with E-state index in [1.165, 1.54) is 6.42 Å². The van der Waals surface area contributed by atoms with Crippen LogP contribution in [0.15, 0.2) is 4.99 Å². The van der Waals surface area contributed by atoms with E-state index in [4.69, 9.17) is 0 Å². The molecule has 0 amide bonds. The zero-order valence-electron chi connectivity index (χ0n) is 16.2. The van der Waals surface area contributed by atoms with Crippen LogP contribution in [0.2, 0.25) is 0 Å². The van der Waals surface area contributed by atoms with E-state index >= 15 is 0 Å². The molecule has 0 aromatic carbocycles. The van der Waals surface area contributed by atoms with Crippen LogP contribution in [0.5, 0.6) is 0 Å². The molecule has 1 saturated carbocycles. The Bertz CT molecular complexity index is 755. The van der Waals surface area contributed by atoms with Crippen LogP contribution in [0.3, 0.4) is 0 Å². The highest BCUT2D eigenvalue weighted by atomic mass is 32.2. The number of hydrogen-bond acceptors (Lipinski definition) is 5. The Kier molecular flexibility index (Phi) is 6.69. The SMILES string of the molecule is CCc1nc2n(n1)CC(NC(=NC)NCCS(=O)(=O)NCC1CCC1)CC2. The van der Waals surface area contributed by atoms with Crippen LogP contribution in [-0.2, 0) is 29.4 Å². The van der Waals surface area contributed by atoms with Gasteiger partial charge in [-0.15, -0.1) is 0 Å². The van der Waals surface area contributed by atoms with Crippen molar-refractivity contribution in [2.75, 3.05) is 25.9 Å². The average Bonchev–Trinajstić information content (AvgIpc) is 3.01. The molecule has 3 rings (SSSR count). The number of aryl methyl sites for hydroxylation is 2. The van der Waals surface area contributed by atoms with Gasteiger partial charge in [0, 0.05) is 39.0 Å². The van der Waals surface area contributed by atoms with E-state index in [1.807, 2.05) is 4.68 Å². The summed E-state index contributed by atoms with van der Waals surface area (Å²) in [5.74, 6) is 3.10. The zero-order chi connectivity index (χ0) is 19.3. The number of guanidine groups is 1. The fourth-order valence-electron chi connectivity index (χ4n) is 3.33. The van der Waals surface area contributed by atoms with Crippen molar-refractivity contribution in [3.63, 3.8) is 0 Å². The highest BCUT2D eigenvalue weighted by molar-refractivity contribution is 7.89. The van der Waals surface area contributed by atoms with Gasteiger partial charge in [0.25, 0.3) is 0 Å². The predicted octanol–water partition coefficient (Wildman–Crippen LogP) is 0.0398. The number of nitrogens with one attached hydrogen (secondary N) is 3. The minimum Gasteiger partial charge on any atom is -0.355 e. The number of rotatable bonds is 8. The smallest absolute Gasteiger partial charge is 0.213 e. The van der Waals surface area contributed by atoms with E-state index in [-0.39, 0.29) is 11.8 Å². The molecular formula is C17H31N7O2S. The summed E-state index contributed by atoms with van der Waals surface area (Å²) in [5, 5.41) is 11.0. The minimum absolute atomic E-state index is 0.0399. The van der Waals surface area contributed by atoms with Gasteiger partial charge in [0.05, 0.1) is 12.3 Å². The summed E-state index contributed by atoms with van der Waals surface area (Å²) in [6, 6.07) is 0.198. The van der Waals surface area contributed by atoms with Gasteiger partial charge in [0.15, 0.2) is 11.8 Å². The fourth-order valence-corrected chi connectivity index (χ4v) is 4.34. The lowest BCUT2D eigenvalue weighted by Crippen LogP contribution is -2.48. The Morgan fingerprint density at radius 1 is 1.33 bits per heavy atom. The quantitative estimate of drug-likeness (QED) is 0.422. The van der Waals surface area contributed by atoms with E-state index in [0.717, 1.165) is 50.3 Å². The molecule has 3 N–H and O–H groups in total. The summed E-state index contributed by atoms with van der Waals surface area (Å²) in [4.78, 5) is 8.73. The Morgan fingerprint density at radius 3 is 2.81 bits per heavy atom. The van der Waals surface area contributed by atoms with Crippen molar-refractivity contribution in [2.24, 2.45) is 10.9 Å². The van der Waals surface area contributed by atoms with E-state index in [1.54, 1.807) is 7.05 Å². The molecule has 1 aliphatic heterocycles. The minimum atomic E-state index is -3.25. The van der Waals surface area contributed by atoms with Crippen molar-refractivity contribution in [3.05, 3.63) is 11.6 Å². The van der Waals surface area contributed by atoms with Gasteiger partial charge in [-0.3, -0.25) is 4.99 Å². The molecule has 2 heterocycles. The molecule has 27 heavy (non-hydrogen) atoms. The van der Waals surface area contributed by atoms with Gasteiger partial charge in [-0.25, -0.2) is 22.8 Å². The van der Waals surface area contributed by atoms with Crippen LogP contribution in [0.1, 0.15) is 44.3 Å². The molecule has 0 spiro atoms. The normalized spacial score (nSPS) is 20.8. The van der Waals surface area contributed by atoms with Crippen molar-refractivity contribution in [3.8, 4) is 0 Å². The first-order valence-electron chi connectivity index (χ1n) is 9.86. The molecule has 0 radical (unpaired) electrons. The number of aliphatic imine (C=N–C) groups is 1. The van der Waals surface area contributed by atoms with Gasteiger partial charge in [-0.1, -0.05) is 13.3 Å². The van der Waals surface area contributed by atoms with Crippen LogP contribution in [0.25, 0.3) is 0 Å². The van der Waals surface area contributed by atoms with E-state index in [0.29, 0.717) is 25.0 Å². The van der Waals surface area contributed by atoms with Gasteiger partial charge in [0.1, 0.15) is 5.82 Å². The first-order chi connectivity index (χ1) is 13.0. The molecule has 1 atom stereocenters. The van der Waals surface area contributed by atoms with Crippen molar-refractivity contribution >= 4 is 16.0 Å². The van der Waals surface area contributed by atoms with Gasteiger partial charge >= 0.3 is 0 Å². The zero-order valence-corrected chi connectivity index (χ0v) is 17.1. The largest absolute Gasteiger partial charge is 0.355 e. The Labute approximate surface area is 161 Å². The van der Waals surface area contributed by atoms with Crippen molar-refractivity contribution in [1.29, 1.82) is 0 Å². The second kappa shape index (κ2) is 9.01. The standard InChI is InChI=1S/C17H31N7O2S/c1-3-15-22-16-8-7-14(12-24(16)23-15)21-17(18-2)19-9-10-27(25,26)20-11-13-5-4-6-13/h13-14,20H,3-12H2,1-2H3,(H2,18,19,21). The van der Waals surface area contributed by atoms with E-state index in [2.05, 4.69) is 37.4 Å².